The van der Waals surface area contributed by atoms with Gasteiger partial charge in [0.25, 0.3) is 5.69 Å². The van der Waals surface area contributed by atoms with Gasteiger partial charge in [0.15, 0.2) is 23.1 Å². The molecule has 0 spiro atoms. The number of nitro benzene ring substituents is 1. The number of hydrogen-bond acceptors (Lipinski definition) is 8. The van der Waals surface area contributed by atoms with Crippen molar-refractivity contribution in [2.24, 2.45) is 23.7 Å². The van der Waals surface area contributed by atoms with Crippen LogP contribution >= 0.6 is 0 Å². The molecule has 0 radical (unpaired) electrons. The van der Waals surface area contributed by atoms with Gasteiger partial charge in [0.2, 0.25) is 11.8 Å². The van der Waals surface area contributed by atoms with E-state index in [1.165, 1.54) is 37.5 Å². The Labute approximate surface area is 292 Å². The molecule has 4 aromatic carbocycles. The van der Waals surface area contributed by atoms with E-state index < -0.39 is 51.7 Å². The average molecular weight is 681 g/mol. The summed E-state index contributed by atoms with van der Waals surface area (Å²) in [5.74, 6) is -5.58. The van der Waals surface area contributed by atoms with Gasteiger partial charge in [0, 0.05) is 35.1 Å². The van der Waals surface area contributed by atoms with Crippen molar-refractivity contribution < 1.29 is 33.9 Å². The summed E-state index contributed by atoms with van der Waals surface area (Å²) in [5, 5.41) is 23.1. The Morgan fingerprint density at radius 2 is 1.53 bits per heavy atom. The lowest BCUT2D eigenvalue weighted by atomic mass is 9.44. The number of nitrogens with zero attached hydrogens (tertiary/aromatic N) is 2. The third-order valence-corrected chi connectivity index (χ3v) is 11.3. The van der Waals surface area contributed by atoms with Crippen LogP contribution in [0.15, 0.2) is 121 Å². The SMILES string of the molecule is COc1cccc([C@H]2C3=CC[C@@H]4C(=O)N(c5ccc([N+](=O)[O-])cc5)C(=O)[C@@H]4[C@@H]3C[C@H]3C(=O)C(c4ccccc4)=CC(=O)[C@@]23c2ccccc2)c1O. The maximum absolute atomic E-state index is 15.1. The number of allylic oxidation sites excluding steroid dienone is 4. The summed E-state index contributed by atoms with van der Waals surface area (Å²) >= 11 is 0. The second-order valence-corrected chi connectivity index (χ2v) is 13.5. The van der Waals surface area contributed by atoms with E-state index >= 15 is 9.59 Å². The number of fused-ring (bicyclic) bond motifs is 4. The molecule has 1 heterocycles. The summed E-state index contributed by atoms with van der Waals surface area (Å²) in [4.78, 5) is 70.5. The minimum atomic E-state index is -1.50. The zero-order valence-electron chi connectivity index (χ0n) is 27.5. The van der Waals surface area contributed by atoms with Gasteiger partial charge in [0.1, 0.15) is 0 Å². The molecule has 1 N–H and O–H groups in total. The van der Waals surface area contributed by atoms with Crippen molar-refractivity contribution in [2.75, 3.05) is 12.0 Å². The van der Waals surface area contributed by atoms with Gasteiger partial charge in [-0.2, -0.15) is 0 Å². The normalized spacial score (nSPS) is 26.8. The fraction of sp³-hybridized carbons (Fsp3) is 0.220. The number of aromatic hydroxyl groups is 1. The number of hydrogen-bond donors (Lipinski definition) is 1. The lowest BCUT2D eigenvalue weighted by Gasteiger charge is -2.55. The van der Waals surface area contributed by atoms with Gasteiger partial charge in [-0.05, 0) is 54.2 Å². The molecule has 1 saturated carbocycles. The number of non-ortho nitro benzene ring substituents is 1. The molecular formula is C41H32N2O8. The number of Topliss-reactive ketones (excluding diaryl/α,β-unsaturated/α-hetero) is 1. The van der Waals surface area contributed by atoms with E-state index in [1.54, 1.807) is 42.5 Å². The van der Waals surface area contributed by atoms with Crippen molar-refractivity contribution in [3.8, 4) is 11.5 Å². The molecule has 0 unspecified atom stereocenters. The van der Waals surface area contributed by atoms with Crippen LogP contribution in [0.5, 0.6) is 11.5 Å². The van der Waals surface area contributed by atoms with Gasteiger partial charge in [-0.1, -0.05) is 84.4 Å². The van der Waals surface area contributed by atoms with Crippen molar-refractivity contribution in [3.05, 3.63) is 148 Å². The zero-order valence-corrected chi connectivity index (χ0v) is 27.5. The van der Waals surface area contributed by atoms with Crippen LogP contribution in [0.3, 0.4) is 0 Å². The van der Waals surface area contributed by atoms with Crippen LogP contribution in [-0.4, -0.2) is 40.5 Å². The van der Waals surface area contributed by atoms with Gasteiger partial charge in [-0.15, -0.1) is 0 Å². The Hall–Kier alpha value is -6.16. The summed E-state index contributed by atoms with van der Waals surface area (Å²) in [5.41, 5.74) is 1.09. The number of carbonyl (C=O) groups excluding carboxylic acids is 4. The molecule has 2 fully saturated rings. The Kier molecular flexibility index (Phi) is 7.55. The fourth-order valence-electron chi connectivity index (χ4n) is 9.13. The second-order valence-electron chi connectivity index (χ2n) is 13.5. The quantitative estimate of drug-likeness (QED) is 0.108. The van der Waals surface area contributed by atoms with Crippen molar-refractivity contribution in [2.45, 2.75) is 24.2 Å². The number of benzene rings is 4. The first-order valence-corrected chi connectivity index (χ1v) is 16.8. The molecule has 0 bridgehead atoms. The van der Waals surface area contributed by atoms with Crippen LogP contribution in [0.2, 0.25) is 0 Å². The molecule has 51 heavy (non-hydrogen) atoms. The highest BCUT2D eigenvalue weighted by Gasteiger charge is 2.66. The summed E-state index contributed by atoms with van der Waals surface area (Å²) in [6.45, 7) is 0. The van der Waals surface area contributed by atoms with Crippen LogP contribution in [0.1, 0.15) is 35.4 Å². The van der Waals surface area contributed by atoms with Crippen LogP contribution in [0, 0.1) is 33.8 Å². The lowest BCUT2D eigenvalue weighted by molar-refractivity contribution is -0.384. The highest BCUT2D eigenvalue weighted by molar-refractivity contribution is 6.32. The molecule has 4 aromatic rings. The fourth-order valence-corrected chi connectivity index (χ4v) is 9.13. The molecule has 3 aliphatic carbocycles. The van der Waals surface area contributed by atoms with E-state index in [0.717, 1.165) is 4.90 Å². The third-order valence-electron chi connectivity index (χ3n) is 11.3. The average Bonchev–Trinajstić information content (AvgIpc) is 3.42. The predicted octanol–water partition coefficient (Wildman–Crippen LogP) is 6.34. The number of carbonyl (C=O) groups is 4. The number of phenols is 1. The molecule has 1 aliphatic heterocycles. The zero-order chi connectivity index (χ0) is 35.6. The Balaban J connectivity index is 1.35. The molecule has 0 aromatic heterocycles. The van der Waals surface area contributed by atoms with Crippen LogP contribution in [-0.2, 0) is 24.6 Å². The highest BCUT2D eigenvalue weighted by Crippen LogP contribution is 2.65. The number of para-hydroxylation sites is 1. The molecule has 254 valence electrons. The van der Waals surface area contributed by atoms with Crippen LogP contribution in [0.25, 0.3) is 5.57 Å². The standard InChI is InChI=1S/C41H32N2O8/c1-51-33-14-8-13-29(38(33)46)36-27-19-20-28-35(40(48)42(39(28)47)25-15-17-26(18-16-25)43(49)50)31(27)21-32-37(45)30(23-9-4-2-5-10-23)22-34(44)41(32,36)24-11-6-3-7-12-24/h2-19,22,28,31-32,35-36,46H,20-21H2,1H3/t28-,31+,32-,35-,36+,41-/m0/s1. The minimum Gasteiger partial charge on any atom is -0.504 e. The molecule has 10 nitrogen and oxygen atoms in total. The number of ketones is 2. The topological polar surface area (TPSA) is 144 Å². The molecule has 4 aliphatic rings. The van der Waals surface area contributed by atoms with E-state index in [2.05, 4.69) is 0 Å². The number of anilines is 1. The van der Waals surface area contributed by atoms with E-state index in [1.807, 2.05) is 42.5 Å². The third kappa shape index (κ3) is 4.62. The highest BCUT2D eigenvalue weighted by atomic mass is 16.6. The van der Waals surface area contributed by atoms with E-state index in [4.69, 9.17) is 4.74 Å². The molecule has 2 amide bonds. The Bertz CT molecular complexity index is 2190. The van der Waals surface area contributed by atoms with Gasteiger partial charge in [-0.3, -0.25) is 34.2 Å². The predicted molar refractivity (Wildman–Crippen MR) is 187 cm³/mol. The number of ether oxygens (including phenoxy) is 1. The van der Waals surface area contributed by atoms with Crippen LogP contribution < -0.4 is 9.64 Å². The first kappa shape index (κ1) is 32.1. The first-order valence-electron chi connectivity index (χ1n) is 16.8. The summed E-state index contributed by atoms with van der Waals surface area (Å²) in [7, 11) is 1.43. The molecule has 8 rings (SSSR count). The number of phenolic OH excluding ortho intramolecular Hbond substituents is 1. The summed E-state index contributed by atoms with van der Waals surface area (Å²) in [6.07, 6.45) is 3.63. The Morgan fingerprint density at radius 1 is 0.843 bits per heavy atom. The number of nitro groups is 1. The van der Waals surface area contributed by atoms with Gasteiger partial charge < -0.3 is 9.84 Å². The van der Waals surface area contributed by atoms with Gasteiger partial charge >= 0.3 is 0 Å². The summed E-state index contributed by atoms with van der Waals surface area (Å²) in [6, 6.07) is 28.4. The lowest BCUT2D eigenvalue weighted by Crippen LogP contribution is -2.58. The minimum absolute atomic E-state index is 0.102. The van der Waals surface area contributed by atoms with Crippen molar-refractivity contribution in [1.29, 1.82) is 0 Å². The van der Waals surface area contributed by atoms with E-state index in [9.17, 15) is 24.8 Å². The van der Waals surface area contributed by atoms with Crippen molar-refractivity contribution in [3.63, 3.8) is 0 Å². The molecule has 10 heteroatoms. The smallest absolute Gasteiger partial charge is 0.269 e. The van der Waals surface area contributed by atoms with E-state index in [0.29, 0.717) is 22.3 Å². The second kappa shape index (κ2) is 12.0. The summed E-state index contributed by atoms with van der Waals surface area (Å²) < 4.78 is 5.52. The molecular weight excluding hydrogens is 648 g/mol. The largest absolute Gasteiger partial charge is 0.504 e. The number of imide groups is 1. The Morgan fingerprint density at radius 3 is 2.20 bits per heavy atom. The number of rotatable bonds is 6. The van der Waals surface area contributed by atoms with Crippen molar-refractivity contribution >= 4 is 40.3 Å². The molecule has 1 saturated heterocycles. The van der Waals surface area contributed by atoms with E-state index in [-0.39, 0.29) is 52.9 Å². The number of methoxy groups -OCH3 is 1. The molecule has 6 atom stereocenters. The maximum atomic E-state index is 15.1. The van der Waals surface area contributed by atoms with Gasteiger partial charge in [-0.25, -0.2) is 0 Å². The van der Waals surface area contributed by atoms with Crippen LogP contribution in [0.4, 0.5) is 11.4 Å². The number of amides is 2. The van der Waals surface area contributed by atoms with Crippen molar-refractivity contribution in [1.82, 2.24) is 0 Å². The maximum Gasteiger partial charge on any atom is 0.269 e. The van der Waals surface area contributed by atoms with Gasteiger partial charge in [0.05, 0.1) is 35.0 Å². The monoisotopic (exact) mass is 680 g/mol. The first-order chi connectivity index (χ1) is 24.7.